The monoisotopic (exact) mass is 422 g/mol. The highest BCUT2D eigenvalue weighted by atomic mass is 35.5. The first kappa shape index (κ1) is 20.5. The number of amides is 1. The van der Waals surface area contributed by atoms with Gasteiger partial charge in [-0.1, -0.05) is 30.7 Å². The van der Waals surface area contributed by atoms with Crippen LogP contribution in [0.1, 0.15) is 35.8 Å². The Morgan fingerprint density at radius 2 is 1.73 bits per heavy atom. The van der Waals surface area contributed by atoms with Gasteiger partial charge in [0.2, 0.25) is 0 Å². The van der Waals surface area contributed by atoms with Crippen molar-refractivity contribution in [2.45, 2.75) is 26.7 Å². The number of nitrogens with zero attached hydrogens (tertiary/aromatic N) is 2. The summed E-state index contributed by atoms with van der Waals surface area (Å²) in [5, 5.41) is 0.650. The number of para-hydroxylation sites is 1. The van der Waals surface area contributed by atoms with Crippen LogP contribution in [0.25, 0.3) is 16.9 Å². The van der Waals surface area contributed by atoms with Gasteiger partial charge in [0.25, 0.3) is 5.91 Å². The van der Waals surface area contributed by atoms with Crippen molar-refractivity contribution in [3.05, 3.63) is 70.9 Å². The molecule has 0 radical (unpaired) electrons. The molecule has 1 fully saturated rings. The maximum Gasteiger partial charge on any atom is 0.255 e. The molecule has 5 heteroatoms. The number of halogens is 1. The summed E-state index contributed by atoms with van der Waals surface area (Å²) in [6.07, 6.45) is 2.11. The molecular weight excluding hydrogens is 396 g/mol. The topological polar surface area (TPSA) is 34.5 Å². The average Bonchev–Trinajstić information content (AvgIpc) is 3.11. The van der Waals surface area contributed by atoms with Gasteiger partial charge in [-0.3, -0.25) is 4.79 Å². The number of carbonyl (C=O) groups excluding carboxylic acids is 1. The van der Waals surface area contributed by atoms with E-state index in [9.17, 15) is 4.79 Å². The normalized spacial score (nSPS) is 14.7. The number of aromatic nitrogens is 1. The van der Waals surface area contributed by atoms with Crippen LogP contribution in [0.2, 0.25) is 5.02 Å². The van der Waals surface area contributed by atoms with Crippen molar-refractivity contribution in [1.82, 2.24) is 9.47 Å². The minimum Gasteiger partial charge on any atom is -0.497 e. The minimum atomic E-state index is 0.0972. The highest BCUT2D eigenvalue weighted by Gasteiger charge is 2.26. The van der Waals surface area contributed by atoms with Crippen LogP contribution in [-0.2, 0) is 0 Å². The zero-order valence-electron chi connectivity index (χ0n) is 17.7. The lowest BCUT2D eigenvalue weighted by atomic mass is 9.98. The smallest absolute Gasteiger partial charge is 0.255 e. The van der Waals surface area contributed by atoms with Gasteiger partial charge >= 0.3 is 0 Å². The minimum absolute atomic E-state index is 0.0972. The summed E-state index contributed by atoms with van der Waals surface area (Å²) in [7, 11) is 1.65. The van der Waals surface area contributed by atoms with Crippen molar-refractivity contribution in [3.63, 3.8) is 0 Å². The quantitative estimate of drug-likeness (QED) is 0.517. The fourth-order valence-corrected chi connectivity index (χ4v) is 4.34. The van der Waals surface area contributed by atoms with Crippen LogP contribution in [0, 0.1) is 12.8 Å². The molecule has 30 heavy (non-hydrogen) atoms. The van der Waals surface area contributed by atoms with Crippen LogP contribution in [0.15, 0.2) is 54.6 Å². The van der Waals surface area contributed by atoms with E-state index in [1.165, 1.54) is 0 Å². The van der Waals surface area contributed by atoms with Crippen molar-refractivity contribution >= 4 is 17.5 Å². The Hall–Kier alpha value is -2.72. The first-order chi connectivity index (χ1) is 14.5. The SMILES string of the molecule is COc1ccc(-c2cc(C(=O)N3CCC(C)CC3)c(C)n2-c2ccccc2Cl)cc1. The largest absolute Gasteiger partial charge is 0.497 e. The Kier molecular flexibility index (Phi) is 5.87. The molecule has 0 atom stereocenters. The molecule has 0 bridgehead atoms. The molecule has 1 aliphatic rings. The first-order valence-electron chi connectivity index (χ1n) is 10.4. The van der Waals surface area contributed by atoms with E-state index in [-0.39, 0.29) is 5.91 Å². The number of hydrogen-bond donors (Lipinski definition) is 0. The number of carbonyl (C=O) groups is 1. The van der Waals surface area contributed by atoms with Gasteiger partial charge in [0.1, 0.15) is 5.75 Å². The number of likely N-dealkylation sites (tertiary alicyclic amines) is 1. The molecule has 4 nitrogen and oxygen atoms in total. The van der Waals surface area contributed by atoms with Crippen molar-refractivity contribution < 1.29 is 9.53 Å². The van der Waals surface area contributed by atoms with Gasteiger partial charge in [-0.2, -0.15) is 0 Å². The Bertz CT molecular complexity index is 1050. The third-order valence-electron chi connectivity index (χ3n) is 6.03. The van der Waals surface area contributed by atoms with E-state index in [1.54, 1.807) is 7.11 Å². The van der Waals surface area contributed by atoms with E-state index in [0.29, 0.717) is 10.9 Å². The van der Waals surface area contributed by atoms with E-state index in [2.05, 4.69) is 11.5 Å². The van der Waals surface area contributed by atoms with E-state index in [4.69, 9.17) is 16.3 Å². The van der Waals surface area contributed by atoms with E-state index >= 15 is 0 Å². The van der Waals surface area contributed by atoms with Gasteiger partial charge in [0.05, 0.1) is 29.1 Å². The Morgan fingerprint density at radius 1 is 1.07 bits per heavy atom. The lowest BCUT2D eigenvalue weighted by Gasteiger charge is -2.30. The van der Waals surface area contributed by atoms with Crippen molar-refractivity contribution in [1.29, 1.82) is 0 Å². The highest BCUT2D eigenvalue weighted by molar-refractivity contribution is 6.32. The second-order valence-corrected chi connectivity index (χ2v) is 8.43. The second kappa shape index (κ2) is 8.57. The summed E-state index contributed by atoms with van der Waals surface area (Å²) in [5.74, 6) is 1.57. The molecule has 0 aliphatic carbocycles. The highest BCUT2D eigenvalue weighted by Crippen LogP contribution is 2.34. The van der Waals surface area contributed by atoms with Crippen molar-refractivity contribution in [2.75, 3.05) is 20.2 Å². The van der Waals surface area contributed by atoms with Gasteiger partial charge in [-0.25, -0.2) is 0 Å². The molecule has 1 aliphatic heterocycles. The van der Waals surface area contributed by atoms with Crippen LogP contribution < -0.4 is 4.74 Å². The molecule has 2 aromatic carbocycles. The van der Waals surface area contributed by atoms with Gasteiger partial charge < -0.3 is 14.2 Å². The standard InChI is InChI=1S/C25H27ClN2O2/c1-17-12-14-27(15-13-17)25(29)21-16-24(19-8-10-20(30-3)11-9-19)28(18(21)2)23-7-5-4-6-22(23)26/h4-11,16-17H,12-15H2,1-3H3. The van der Waals surface area contributed by atoms with Crippen LogP contribution in [-0.4, -0.2) is 35.6 Å². The van der Waals surface area contributed by atoms with E-state index < -0.39 is 0 Å². The van der Waals surface area contributed by atoms with Gasteiger partial charge in [-0.15, -0.1) is 0 Å². The van der Waals surface area contributed by atoms with Gasteiger partial charge in [0, 0.05) is 18.8 Å². The van der Waals surface area contributed by atoms with E-state index in [1.807, 2.05) is 66.4 Å². The molecule has 1 saturated heterocycles. The lowest BCUT2D eigenvalue weighted by Crippen LogP contribution is -2.38. The molecule has 0 spiro atoms. The lowest BCUT2D eigenvalue weighted by molar-refractivity contribution is 0.0696. The number of rotatable bonds is 4. The second-order valence-electron chi connectivity index (χ2n) is 8.02. The Labute approximate surface area is 183 Å². The number of hydrogen-bond acceptors (Lipinski definition) is 2. The summed E-state index contributed by atoms with van der Waals surface area (Å²) >= 11 is 6.56. The van der Waals surface area contributed by atoms with Crippen LogP contribution in [0.4, 0.5) is 0 Å². The number of benzene rings is 2. The molecule has 1 aromatic heterocycles. The van der Waals surface area contributed by atoms with Crippen LogP contribution in [0.5, 0.6) is 5.75 Å². The molecule has 156 valence electrons. The van der Waals surface area contributed by atoms with Crippen LogP contribution >= 0.6 is 11.6 Å². The van der Waals surface area contributed by atoms with Crippen molar-refractivity contribution in [3.8, 4) is 22.7 Å². The zero-order valence-corrected chi connectivity index (χ0v) is 18.4. The molecule has 0 N–H and O–H groups in total. The number of piperidine rings is 1. The summed E-state index contributed by atoms with van der Waals surface area (Å²) in [4.78, 5) is 15.4. The molecule has 0 saturated carbocycles. The van der Waals surface area contributed by atoms with Gasteiger partial charge in [0.15, 0.2) is 0 Å². The maximum absolute atomic E-state index is 13.4. The number of ether oxygens (including phenoxy) is 1. The Balaban J connectivity index is 1.83. The predicted molar refractivity (Wildman–Crippen MR) is 122 cm³/mol. The van der Waals surface area contributed by atoms with Gasteiger partial charge in [-0.05, 0) is 73.7 Å². The fraction of sp³-hybridized carbons (Fsp3) is 0.320. The first-order valence-corrected chi connectivity index (χ1v) is 10.8. The van der Waals surface area contributed by atoms with Crippen molar-refractivity contribution in [2.24, 2.45) is 5.92 Å². The van der Waals surface area contributed by atoms with Crippen LogP contribution in [0.3, 0.4) is 0 Å². The summed E-state index contributed by atoms with van der Waals surface area (Å²) in [6.45, 7) is 5.88. The third-order valence-corrected chi connectivity index (χ3v) is 6.35. The third kappa shape index (κ3) is 3.84. The van der Waals surface area contributed by atoms with E-state index in [0.717, 1.165) is 59.9 Å². The summed E-state index contributed by atoms with van der Waals surface area (Å²) in [5.41, 5.74) is 4.45. The number of methoxy groups -OCH3 is 1. The molecular formula is C25H27ClN2O2. The molecule has 1 amide bonds. The summed E-state index contributed by atoms with van der Waals surface area (Å²) < 4.78 is 7.39. The summed E-state index contributed by atoms with van der Waals surface area (Å²) in [6, 6.07) is 17.6. The molecule has 3 aromatic rings. The average molecular weight is 423 g/mol. The Morgan fingerprint density at radius 3 is 2.37 bits per heavy atom. The molecule has 0 unspecified atom stereocenters. The predicted octanol–water partition coefficient (Wildman–Crippen LogP) is 5.99. The molecule has 4 rings (SSSR count). The zero-order chi connectivity index (χ0) is 21.3. The fourth-order valence-electron chi connectivity index (χ4n) is 4.12. The molecule has 2 heterocycles. The maximum atomic E-state index is 13.4.